The van der Waals surface area contributed by atoms with Crippen molar-refractivity contribution in [1.29, 1.82) is 0 Å². The molecular weight excluding hydrogens is 218 g/mol. The summed E-state index contributed by atoms with van der Waals surface area (Å²) in [6.45, 7) is 6.50. The number of aryl methyl sites for hydroxylation is 1. The molecule has 1 rings (SSSR count). The van der Waals surface area contributed by atoms with Gasteiger partial charge in [0.15, 0.2) is 0 Å². The van der Waals surface area contributed by atoms with Crippen molar-refractivity contribution in [3.63, 3.8) is 0 Å². The Kier molecular flexibility index (Phi) is 5.35. The predicted octanol–water partition coefficient (Wildman–Crippen LogP) is 2.05. The molecular formula is C12H23N3S. The Hall–Kier alpha value is -0.480. The van der Waals surface area contributed by atoms with Gasteiger partial charge in [-0.05, 0) is 24.6 Å². The Bertz CT molecular complexity index is 309. The molecule has 1 aromatic rings. The second-order valence-corrected chi connectivity index (χ2v) is 5.20. The van der Waals surface area contributed by atoms with E-state index in [0.717, 1.165) is 24.7 Å². The largest absolute Gasteiger partial charge is 0.337 e. The van der Waals surface area contributed by atoms with E-state index in [1.165, 1.54) is 0 Å². The molecule has 0 bridgehead atoms. The van der Waals surface area contributed by atoms with Crippen molar-refractivity contribution in [2.45, 2.75) is 20.4 Å². The maximum Gasteiger partial charge on any atom is 0.122 e. The third kappa shape index (κ3) is 3.83. The van der Waals surface area contributed by atoms with Gasteiger partial charge in [0.2, 0.25) is 0 Å². The van der Waals surface area contributed by atoms with Crippen LogP contribution in [0, 0.1) is 11.8 Å². The summed E-state index contributed by atoms with van der Waals surface area (Å²) < 4.78 is 2.07. The molecule has 1 heterocycles. The minimum Gasteiger partial charge on any atom is -0.337 e. The van der Waals surface area contributed by atoms with Crippen LogP contribution >= 0.6 is 12.6 Å². The van der Waals surface area contributed by atoms with Gasteiger partial charge in [-0.3, -0.25) is 4.90 Å². The van der Waals surface area contributed by atoms with Gasteiger partial charge in [-0.25, -0.2) is 4.98 Å². The first-order valence-electron chi connectivity index (χ1n) is 5.80. The smallest absolute Gasteiger partial charge is 0.122 e. The number of thiol groups is 1. The number of nitrogens with zero attached hydrogens (tertiary/aromatic N) is 3. The molecule has 0 aliphatic rings. The Labute approximate surface area is 104 Å². The van der Waals surface area contributed by atoms with Gasteiger partial charge < -0.3 is 4.57 Å². The molecule has 0 saturated heterocycles. The summed E-state index contributed by atoms with van der Waals surface area (Å²) in [5, 5.41) is 0. The van der Waals surface area contributed by atoms with Gasteiger partial charge in [-0.1, -0.05) is 13.8 Å². The number of imidazole rings is 1. The molecule has 3 nitrogen and oxygen atoms in total. The molecule has 0 fully saturated rings. The van der Waals surface area contributed by atoms with Crippen LogP contribution in [0.5, 0.6) is 0 Å². The topological polar surface area (TPSA) is 21.1 Å². The van der Waals surface area contributed by atoms with E-state index in [9.17, 15) is 0 Å². The van der Waals surface area contributed by atoms with Crippen LogP contribution in [0.4, 0.5) is 0 Å². The lowest BCUT2D eigenvalue weighted by atomic mass is 9.97. The second kappa shape index (κ2) is 6.30. The fourth-order valence-electron chi connectivity index (χ4n) is 1.73. The lowest BCUT2D eigenvalue weighted by molar-refractivity contribution is 0.240. The third-order valence-electron chi connectivity index (χ3n) is 3.06. The second-order valence-electron chi connectivity index (χ2n) is 4.84. The van der Waals surface area contributed by atoms with Crippen molar-refractivity contribution in [1.82, 2.24) is 14.5 Å². The maximum absolute atomic E-state index is 4.42. The van der Waals surface area contributed by atoms with Gasteiger partial charge in [0.05, 0.1) is 6.54 Å². The van der Waals surface area contributed by atoms with Crippen LogP contribution in [0.2, 0.25) is 0 Å². The van der Waals surface area contributed by atoms with Crippen molar-refractivity contribution in [2.24, 2.45) is 18.9 Å². The zero-order valence-electron chi connectivity index (χ0n) is 10.7. The maximum atomic E-state index is 4.42. The predicted molar refractivity (Wildman–Crippen MR) is 71.7 cm³/mol. The van der Waals surface area contributed by atoms with Crippen LogP contribution in [0.25, 0.3) is 0 Å². The van der Waals surface area contributed by atoms with Crippen LogP contribution in [0.15, 0.2) is 12.4 Å². The molecule has 1 unspecified atom stereocenters. The highest BCUT2D eigenvalue weighted by Crippen LogP contribution is 2.14. The van der Waals surface area contributed by atoms with Gasteiger partial charge in [0.25, 0.3) is 0 Å². The van der Waals surface area contributed by atoms with Crippen molar-refractivity contribution in [3.05, 3.63) is 18.2 Å². The van der Waals surface area contributed by atoms with Crippen LogP contribution in [-0.2, 0) is 13.6 Å². The van der Waals surface area contributed by atoms with E-state index < -0.39 is 0 Å². The first-order valence-corrected chi connectivity index (χ1v) is 6.43. The molecule has 0 N–H and O–H groups in total. The van der Waals surface area contributed by atoms with Crippen molar-refractivity contribution in [2.75, 3.05) is 19.3 Å². The summed E-state index contributed by atoms with van der Waals surface area (Å²) in [6.07, 6.45) is 3.84. The SMILES string of the molecule is CC(C)C(CS)CN(C)Cc1nccn1C. The zero-order valence-corrected chi connectivity index (χ0v) is 11.6. The van der Waals surface area contributed by atoms with Crippen molar-refractivity contribution in [3.8, 4) is 0 Å². The normalized spacial score (nSPS) is 13.7. The van der Waals surface area contributed by atoms with Gasteiger partial charge in [0.1, 0.15) is 5.82 Å². The minimum atomic E-state index is 0.647. The molecule has 0 aliphatic heterocycles. The molecule has 1 atom stereocenters. The lowest BCUT2D eigenvalue weighted by Crippen LogP contribution is -2.30. The van der Waals surface area contributed by atoms with Crippen LogP contribution < -0.4 is 0 Å². The van der Waals surface area contributed by atoms with Gasteiger partial charge >= 0.3 is 0 Å². The Morgan fingerprint density at radius 2 is 2.19 bits per heavy atom. The number of hydrogen-bond acceptors (Lipinski definition) is 3. The average Bonchev–Trinajstić information content (AvgIpc) is 2.60. The highest BCUT2D eigenvalue weighted by Gasteiger charge is 2.14. The highest BCUT2D eigenvalue weighted by molar-refractivity contribution is 7.80. The van der Waals surface area contributed by atoms with Gasteiger partial charge in [-0.2, -0.15) is 12.6 Å². The molecule has 0 spiro atoms. The molecule has 92 valence electrons. The average molecular weight is 241 g/mol. The fourth-order valence-corrected chi connectivity index (χ4v) is 2.27. The Morgan fingerprint density at radius 1 is 1.50 bits per heavy atom. The molecule has 0 amide bonds. The molecule has 0 radical (unpaired) electrons. The summed E-state index contributed by atoms with van der Waals surface area (Å²) in [4.78, 5) is 6.66. The van der Waals surface area contributed by atoms with E-state index >= 15 is 0 Å². The summed E-state index contributed by atoms with van der Waals surface area (Å²) >= 11 is 4.42. The van der Waals surface area contributed by atoms with Crippen molar-refractivity contribution >= 4 is 12.6 Å². The van der Waals surface area contributed by atoms with Crippen LogP contribution in [0.3, 0.4) is 0 Å². The van der Waals surface area contributed by atoms with E-state index in [-0.39, 0.29) is 0 Å². The minimum absolute atomic E-state index is 0.647. The summed E-state index contributed by atoms with van der Waals surface area (Å²) in [6, 6.07) is 0. The van der Waals surface area contributed by atoms with Gasteiger partial charge in [-0.15, -0.1) is 0 Å². The highest BCUT2D eigenvalue weighted by atomic mass is 32.1. The number of rotatable bonds is 6. The molecule has 0 aromatic carbocycles. The fraction of sp³-hybridized carbons (Fsp3) is 0.750. The van der Waals surface area contributed by atoms with E-state index in [1.807, 2.05) is 19.4 Å². The van der Waals surface area contributed by atoms with Crippen molar-refractivity contribution < 1.29 is 0 Å². The quantitative estimate of drug-likeness (QED) is 0.770. The molecule has 0 saturated carbocycles. The molecule has 1 aromatic heterocycles. The summed E-state index contributed by atoms with van der Waals surface area (Å²) in [7, 11) is 4.18. The van der Waals surface area contributed by atoms with Crippen LogP contribution in [0.1, 0.15) is 19.7 Å². The first-order chi connectivity index (χ1) is 7.54. The Morgan fingerprint density at radius 3 is 2.62 bits per heavy atom. The summed E-state index contributed by atoms with van der Waals surface area (Å²) in [5.41, 5.74) is 0. The zero-order chi connectivity index (χ0) is 12.1. The van der Waals surface area contributed by atoms with E-state index in [0.29, 0.717) is 11.8 Å². The van der Waals surface area contributed by atoms with Crippen LogP contribution in [-0.4, -0.2) is 33.8 Å². The molecule has 16 heavy (non-hydrogen) atoms. The lowest BCUT2D eigenvalue weighted by Gasteiger charge is -2.25. The van der Waals surface area contributed by atoms with Gasteiger partial charge in [0, 0.05) is 26.0 Å². The monoisotopic (exact) mass is 241 g/mol. The Balaban J connectivity index is 2.47. The van der Waals surface area contributed by atoms with E-state index in [1.54, 1.807) is 0 Å². The molecule has 0 aliphatic carbocycles. The molecule has 4 heteroatoms. The summed E-state index contributed by atoms with van der Waals surface area (Å²) in [5.74, 6) is 3.39. The van der Waals surface area contributed by atoms with E-state index in [4.69, 9.17) is 0 Å². The number of hydrogen-bond donors (Lipinski definition) is 1. The standard InChI is InChI=1S/C12H23N3S/c1-10(2)11(9-16)7-14(3)8-12-13-5-6-15(12)4/h5-6,10-11,16H,7-9H2,1-4H3. The third-order valence-corrected chi connectivity index (χ3v) is 3.52. The number of aromatic nitrogens is 2. The van der Waals surface area contributed by atoms with E-state index in [2.05, 4.69) is 48.0 Å². The first kappa shape index (κ1) is 13.6.